The number of hydrogen-bond donors (Lipinski definition) is 0. The van der Waals surface area contributed by atoms with Gasteiger partial charge in [-0.2, -0.15) is 0 Å². The maximum Gasteiger partial charge on any atom is -1.00 e. The van der Waals surface area contributed by atoms with Crippen LogP contribution in [0.15, 0.2) is 45.9 Å². The largest absolute Gasteiger partial charge is 1.00 e. The first-order valence-electron chi connectivity index (χ1n) is 7.31. The van der Waals surface area contributed by atoms with Crippen LogP contribution in [-0.2, 0) is 22.9 Å². The van der Waals surface area contributed by atoms with Crippen molar-refractivity contribution in [1.82, 2.24) is 0 Å². The maximum atomic E-state index is 2.65. The minimum atomic E-state index is -0.983. The summed E-state index contributed by atoms with van der Waals surface area (Å²) in [5, 5.41) is 0. The summed E-state index contributed by atoms with van der Waals surface area (Å²) >= 11 is -0.718. The molecule has 1 aliphatic heterocycles. The summed E-state index contributed by atoms with van der Waals surface area (Å²) in [5.41, 5.74) is 0. The molecule has 0 saturated carbocycles. The smallest absolute Gasteiger partial charge is 1.00 e. The minimum absolute atomic E-state index is 0. The Morgan fingerprint density at radius 3 is 2.30 bits per heavy atom. The summed E-state index contributed by atoms with van der Waals surface area (Å²) in [4.78, 5) is 0. The van der Waals surface area contributed by atoms with Crippen LogP contribution in [-0.4, -0.2) is 8.07 Å². The van der Waals surface area contributed by atoms with E-state index in [1.54, 1.807) is 18.1 Å². The summed E-state index contributed by atoms with van der Waals surface area (Å²) in [6.07, 6.45) is 21.3. The second-order valence-electron chi connectivity index (χ2n) is 5.92. The topological polar surface area (TPSA) is 0 Å². The summed E-state index contributed by atoms with van der Waals surface area (Å²) in [6, 6.07) is 4.81. The molecule has 0 nitrogen and oxygen atoms in total. The second-order valence-corrected chi connectivity index (χ2v) is 18.8. The first kappa shape index (κ1) is 18.7. The van der Waals surface area contributed by atoms with E-state index in [2.05, 4.69) is 49.5 Å². The molecule has 108 valence electrons. The normalized spacial score (nSPS) is 23.4. The van der Waals surface area contributed by atoms with E-state index in [4.69, 9.17) is 0 Å². The van der Waals surface area contributed by atoms with Crippen LogP contribution in [0.5, 0.6) is 0 Å². The molecule has 0 N–H and O–H groups in total. The van der Waals surface area contributed by atoms with Crippen molar-refractivity contribution in [1.29, 1.82) is 0 Å². The van der Waals surface area contributed by atoms with Gasteiger partial charge in [0.1, 0.15) is 0 Å². The zero-order chi connectivity index (χ0) is 12.5. The molecule has 0 radical (unpaired) electrons. The third-order valence-corrected chi connectivity index (χ3v) is 23.0. The van der Waals surface area contributed by atoms with Crippen molar-refractivity contribution in [3.63, 3.8) is 0 Å². The number of hydrogen-bond acceptors (Lipinski definition) is 0. The van der Waals surface area contributed by atoms with Crippen LogP contribution in [0, 0.1) is 0 Å². The fourth-order valence-electron chi connectivity index (χ4n) is 3.80. The van der Waals surface area contributed by atoms with Gasteiger partial charge in [0.05, 0.1) is 0 Å². The Hall–Kier alpha value is 0.627. The van der Waals surface area contributed by atoms with Crippen LogP contribution in [0.3, 0.4) is 0 Å². The summed E-state index contributed by atoms with van der Waals surface area (Å²) in [7, 11) is -0.983. The SMILES string of the molecule is CCC[Si]1([C]2([Hf+2][C]3=CC=CC3)C=CC=C2)CCC1.[Cl-].[Cl-]. The molecule has 3 rings (SSSR count). The van der Waals surface area contributed by atoms with Crippen molar-refractivity contribution < 1.29 is 47.7 Å². The van der Waals surface area contributed by atoms with Crippen LogP contribution >= 0.6 is 0 Å². The van der Waals surface area contributed by atoms with Crippen molar-refractivity contribution in [3.05, 3.63) is 45.9 Å². The zero-order valence-corrected chi connectivity index (χ0v) is 18.1. The quantitative estimate of drug-likeness (QED) is 0.433. The van der Waals surface area contributed by atoms with Crippen LogP contribution in [0.4, 0.5) is 0 Å². The Bertz CT molecular complexity index is 435. The van der Waals surface area contributed by atoms with Crippen molar-refractivity contribution in [2.45, 2.75) is 47.1 Å². The van der Waals surface area contributed by atoms with Gasteiger partial charge < -0.3 is 24.8 Å². The average Bonchev–Trinajstić information content (AvgIpc) is 2.96. The van der Waals surface area contributed by atoms with Gasteiger partial charge in [0.25, 0.3) is 0 Å². The zero-order valence-electron chi connectivity index (χ0n) is 12.0. The second kappa shape index (κ2) is 7.76. The minimum Gasteiger partial charge on any atom is -1.00 e. The molecule has 1 saturated heterocycles. The molecule has 4 heteroatoms. The Morgan fingerprint density at radius 2 is 1.85 bits per heavy atom. The maximum absolute atomic E-state index is 2.65. The molecule has 0 aromatic carbocycles. The van der Waals surface area contributed by atoms with Gasteiger partial charge >= 0.3 is 124 Å². The summed E-state index contributed by atoms with van der Waals surface area (Å²) in [6.45, 7) is 2.40. The van der Waals surface area contributed by atoms with Crippen LogP contribution in [0.25, 0.3) is 0 Å². The Kier molecular flexibility index (Phi) is 7.24. The fraction of sp³-hybridized carbons (Fsp3) is 0.500. The first-order chi connectivity index (χ1) is 8.80. The third-order valence-electron chi connectivity index (χ3n) is 4.88. The average molecular weight is 492 g/mol. The summed E-state index contributed by atoms with van der Waals surface area (Å²) < 4.78 is 2.51. The van der Waals surface area contributed by atoms with E-state index in [-0.39, 0.29) is 24.8 Å². The van der Waals surface area contributed by atoms with E-state index in [1.165, 1.54) is 19.3 Å². The van der Waals surface area contributed by atoms with Gasteiger partial charge in [-0.25, -0.2) is 0 Å². The van der Waals surface area contributed by atoms with Crippen molar-refractivity contribution in [2.24, 2.45) is 0 Å². The Balaban J connectivity index is 0.000001000. The van der Waals surface area contributed by atoms with Gasteiger partial charge in [0.2, 0.25) is 0 Å². The molecule has 20 heavy (non-hydrogen) atoms. The molecular formula is C16H22Cl2HfSi. The van der Waals surface area contributed by atoms with E-state index >= 15 is 0 Å². The van der Waals surface area contributed by atoms with Crippen LogP contribution < -0.4 is 24.8 Å². The number of allylic oxidation sites excluding steroid dienone is 8. The van der Waals surface area contributed by atoms with E-state index in [1.807, 2.05) is 3.33 Å². The fourth-order valence-corrected chi connectivity index (χ4v) is 21.7. The molecule has 0 atom stereocenters. The molecular weight excluding hydrogens is 470 g/mol. The predicted molar refractivity (Wildman–Crippen MR) is 77.9 cm³/mol. The molecule has 0 aromatic heterocycles. The molecule has 0 aromatic rings. The van der Waals surface area contributed by atoms with Gasteiger partial charge in [0, 0.05) is 0 Å². The molecule has 1 heterocycles. The van der Waals surface area contributed by atoms with Gasteiger partial charge in [-0.3, -0.25) is 0 Å². The van der Waals surface area contributed by atoms with Gasteiger partial charge in [-0.05, 0) is 0 Å². The molecule has 0 unspecified atom stereocenters. The van der Waals surface area contributed by atoms with Crippen LogP contribution in [0.2, 0.25) is 20.9 Å². The monoisotopic (exact) mass is 492 g/mol. The molecule has 1 fully saturated rings. The summed E-state index contributed by atoms with van der Waals surface area (Å²) in [5.74, 6) is 0. The first-order valence-corrected chi connectivity index (χ1v) is 13.5. The van der Waals surface area contributed by atoms with Crippen molar-refractivity contribution in [2.75, 3.05) is 0 Å². The van der Waals surface area contributed by atoms with Gasteiger partial charge in [0.15, 0.2) is 0 Å². The molecule has 2 aliphatic carbocycles. The third kappa shape index (κ3) is 3.19. The van der Waals surface area contributed by atoms with Crippen molar-refractivity contribution in [3.8, 4) is 0 Å². The standard InChI is InChI=1S/C11H17Si.C5H5.2ClH.Hf/c1-2-8-12(9-5-10-12)11-6-3-4-7-11;1-2-4-5-3-1;;;/h3-4,6-7H,2,5,8-10H2,1H3;1-3H,4H2;2*1H;/q;;;;+2/p-2. The van der Waals surface area contributed by atoms with Crippen LogP contribution in [0.1, 0.15) is 26.2 Å². The van der Waals surface area contributed by atoms with Crippen molar-refractivity contribution >= 4 is 8.07 Å². The van der Waals surface area contributed by atoms with E-state index in [9.17, 15) is 0 Å². The van der Waals surface area contributed by atoms with Gasteiger partial charge in [-0.15, -0.1) is 0 Å². The number of halogens is 2. The predicted octanol–water partition coefficient (Wildman–Crippen LogP) is -0.993. The van der Waals surface area contributed by atoms with E-state index in [0.29, 0.717) is 2.79 Å². The van der Waals surface area contributed by atoms with E-state index < -0.39 is 31.0 Å². The Labute approximate surface area is 148 Å². The molecule has 3 aliphatic rings. The number of rotatable bonds is 5. The Morgan fingerprint density at radius 1 is 1.15 bits per heavy atom. The molecule has 0 amide bonds. The molecule has 0 spiro atoms. The molecule has 0 bridgehead atoms. The van der Waals surface area contributed by atoms with Gasteiger partial charge in [-0.1, -0.05) is 0 Å². The van der Waals surface area contributed by atoms with E-state index in [0.717, 1.165) is 0 Å².